The van der Waals surface area contributed by atoms with Crippen LogP contribution in [0, 0.1) is 0 Å². The summed E-state index contributed by atoms with van der Waals surface area (Å²) in [5.41, 5.74) is -4.70. The van der Waals surface area contributed by atoms with Crippen LogP contribution in [0.1, 0.15) is 111 Å². The van der Waals surface area contributed by atoms with E-state index in [2.05, 4.69) is 0 Å². The smallest absolute Gasteiger partial charge is 0.846 e. The van der Waals surface area contributed by atoms with Gasteiger partial charge in [0.1, 0.15) is 25.2 Å². The molecule has 272 valence electrons. The summed E-state index contributed by atoms with van der Waals surface area (Å²) in [5.74, 6) is 0. The van der Waals surface area contributed by atoms with Crippen LogP contribution in [0.2, 0.25) is 0 Å². The van der Waals surface area contributed by atoms with Crippen LogP contribution in [0.3, 0.4) is 0 Å². The fraction of sp³-hybridized carbons (Fsp3) is 1.00. The second kappa shape index (κ2) is 30.5. The maximum absolute atomic E-state index is 11.3. The molecule has 0 unspecified atom stereocenters. The van der Waals surface area contributed by atoms with Crippen LogP contribution < -0.4 is 20.4 Å². The predicted octanol–water partition coefficient (Wildman–Crippen LogP) is 2.10. The molecule has 0 N–H and O–H groups in total. The van der Waals surface area contributed by atoms with Crippen LogP contribution in [0.5, 0.6) is 0 Å². The van der Waals surface area contributed by atoms with E-state index in [0.717, 1.165) is 0 Å². The molecule has 12 nitrogen and oxygen atoms in total. The Bertz CT molecular complexity index is 471. The zero-order valence-electron chi connectivity index (χ0n) is 31.4. The van der Waals surface area contributed by atoms with Crippen molar-refractivity contribution in [3.05, 3.63) is 0 Å². The Morgan fingerprint density at radius 3 is 0.444 bits per heavy atom. The van der Waals surface area contributed by atoms with Crippen LogP contribution in [-0.2, 0) is 64.1 Å². The number of hydrogen-bond acceptors (Lipinski definition) is 12. The van der Waals surface area contributed by atoms with E-state index in [1.165, 1.54) is 0 Å². The van der Waals surface area contributed by atoms with Gasteiger partial charge in [0.15, 0.2) is 0 Å². The fourth-order valence-corrected chi connectivity index (χ4v) is 3.01. The first-order valence-corrected chi connectivity index (χ1v) is 15.8. The molecule has 0 amide bonds. The third kappa shape index (κ3) is 34.1. The molecule has 45 heavy (non-hydrogen) atoms. The summed E-state index contributed by atoms with van der Waals surface area (Å²) in [4.78, 5) is 0. The molecule has 0 bridgehead atoms. The van der Waals surface area contributed by atoms with E-state index in [-0.39, 0.29) is 26.2 Å². The molecular formula is C32H68O12Zr. The van der Waals surface area contributed by atoms with Crippen LogP contribution in [0.4, 0.5) is 0 Å². The zero-order chi connectivity index (χ0) is 35.6. The average Bonchev–Trinajstić information content (AvgIpc) is 2.87. The third-order valence-electron chi connectivity index (χ3n) is 4.81. The minimum absolute atomic E-state index is 0. The molecule has 0 spiro atoms. The Morgan fingerprint density at radius 1 is 0.311 bits per heavy atom. The maximum atomic E-state index is 11.3. The molecule has 0 aliphatic rings. The Labute approximate surface area is 294 Å². The van der Waals surface area contributed by atoms with Gasteiger partial charge in [0, 0.05) is 52.9 Å². The van der Waals surface area contributed by atoms with E-state index >= 15 is 0 Å². The van der Waals surface area contributed by atoms with Crippen LogP contribution in [-0.4, -0.2) is 100 Å². The molecule has 0 saturated heterocycles. The van der Waals surface area contributed by atoms with E-state index in [4.69, 9.17) is 37.9 Å². The molecule has 0 radical (unpaired) electrons. The van der Waals surface area contributed by atoms with Gasteiger partial charge in [0.2, 0.25) is 0 Å². The Morgan fingerprint density at radius 2 is 0.400 bits per heavy atom. The molecule has 0 aromatic rings. The van der Waals surface area contributed by atoms with E-state index < -0.39 is 47.6 Å². The van der Waals surface area contributed by atoms with E-state index in [1.54, 1.807) is 55.4 Å². The van der Waals surface area contributed by atoms with Crippen molar-refractivity contribution in [2.24, 2.45) is 0 Å². The molecule has 0 aromatic carbocycles. The van der Waals surface area contributed by atoms with Crippen molar-refractivity contribution in [2.45, 2.75) is 158 Å². The van der Waals surface area contributed by atoms with Crippen molar-refractivity contribution in [3.63, 3.8) is 0 Å². The van der Waals surface area contributed by atoms with Crippen LogP contribution in [0.25, 0.3) is 0 Å². The minimum Gasteiger partial charge on any atom is -0.846 e. The summed E-state index contributed by atoms with van der Waals surface area (Å²) in [7, 11) is 0. The van der Waals surface area contributed by atoms with Crippen molar-refractivity contribution in [1.29, 1.82) is 0 Å². The van der Waals surface area contributed by atoms with Crippen molar-refractivity contribution >= 4 is 0 Å². The normalized spacial score (nSPS) is 12.3. The summed E-state index contributed by atoms with van der Waals surface area (Å²) in [6, 6.07) is 0. The quantitative estimate of drug-likeness (QED) is 0.168. The van der Waals surface area contributed by atoms with Gasteiger partial charge >= 0.3 is 26.2 Å². The molecular weight excluding hydrogens is 668 g/mol. The van der Waals surface area contributed by atoms with Crippen molar-refractivity contribution < 1.29 is 84.5 Å². The maximum Gasteiger partial charge on any atom is 4.00 e. The van der Waals surface area contributed by atoms with Crippen molar-refractivity contribution in [1.82, 2.24) is 0 Å². The Balaban J connectivity index is -0.000000157. The van der Waals surface area contributed by atoms with Crippen molar-refractivity contribution in [3.8, 4) is 0 Å². The van der Waals surface area contributed by atoms with Gasteiger partial charge in [-0.3, -0.25) is 0 Å². The second-order valence-electron chi connectivity index (χ2n) is 11.4. The summed E-state index contributed by atoms with van der Waals surface area (Å²) in [6.07, 6.45) is -2.51. The molecule has 0 heterocycles. The zero-order valence-corrected chi connectivity index (χ0v) is 33.8. The molecule has 0 fully saturated rings. The average molecular weight is 736 g/mol. The summed E-state index contributed by atoms with van der Waals surface area (Å²) < 4.78 is 40.9. The topological polar surface area (TPSA) is 166 Å². The van der Waals surface area contributed by atoms with Gasteiger partial charge in [0.25, 0.3) is 0 Å². The molecule has 0 rings (SSSR count). The number of rotatable bonds is 20. The fourth-order valence-electron chi connectivity index (χ4n) is 3.01. The molecule has 0 saturated carbocycles. The Kier molecular flexibility index (Phi) is 37.1. The van der Waals surface area contributed by atoms with Gasteiger partial charge in [-0.25, -0.2) is 0 Å². The monoisotopic (exact) mass is 734 g/mol. The Hall–Kier alpha value is 0.403. The number of hydrogen-bond donors (Lipinski definition) is 0. The predicted molar refractivity (Wildman–Crippen MR) is 164 cm³/mol. The molecule has 0 atom stereocenters. The molecule has 0 aliphatic carbocycles. The second-order valence-corrected chi connectivity index (χ2v) is 11.4. The van der Waals surface area contributed by atoms with Gasteiger partial charge in [-0.2, -0.15) is 0 Å². The molecule has 13 heteroatoms. The first-order valence-electron chi connectivity index (χ1n) is 15.8. The molecule has 0 aliphatic heterocycles. The molecule has 0 aromatic heterocycles. The third-order valence-corrected chi connectivity index (χ3v) is 4.81. The van der Waals surface area contributed by atoms with Gasteiger partial charge < -0.3 is 58.3 Å². The van der Waals surface area contributed by atoms with Gasteiger partial charge in [0.05, 0.1) is 0 Å². The first kappa shape index (κ1) is 54.8. The summed E-state index contributed by atoms with van der Waals surface area (Å²) in [6.45, 7) is 31.3. The summed E-state index contributed by atoms with van der Waals surface area (Å²) >= 11 is 0. The van der Waals surface area contributed by atoms with E-state index in [9.17, 15) is 20.4 Å². The van der Waals surface area contributed by atoms with Crippen molar-refractivity contribution in [2.75, 3.05) is 52.9 Å². The number of ether oxygens (including phenoxy) is 8. The van der Waals surface area contributed by atoms with Crippen LogP contribution in [0.15, 0.2) is 0 Å². The van der Waals surface area contributed by atoms with E-state index in [0.29, 0.717) is 52.9 Å². The van der Waals surface area contributed by atoms with Crippen LogP contribution >= 0.6 is 0 Å². The largest absolute Gasteiger partial charge is 4.00 e. The standard InChI is InChI=1S/4C8H17O3.Zr/c4*1-5-10-7(11-6-2)8(3,4)9;/h4*7H,5-6H2,1-4H3;/q4*-1;+4. The SMILES string of the molecule is CCOC(OCC)C(C)(C)[O-].CCOC(OCC)C(C)(C)[O-].CCOC(OCC)C(C)(C)[O-].CCOC(OCC)C(C)(C)[O-].[Zr+4]. The van der Waals surface area contributed by atoms with E-state index in [1.807, 2.05) is 55.4 Å². The van der Waals surface area contributed by atoms with Gasteiger partial charge in [-0.1, -0.05) is 77.8 Å². The first-order chi connectivity index (χ1) is 20.1. The van der Waals surface area contributed by atoms with Gasteiger partial charge in [-0.15, -0.1) is 0 Å². The minimum atomic E-state index is -1.17. The summed E-state index contributed by atoms with van der Waals surface area (Å²) in [5, 5.41) is 45.3. The van der Waals surface area contributed by atoms with Gasteiger partial charge in [-0.05, 0) is 55.4 Å².